The number of carbonyl (C=O) groups excluding carboxylic acids is 1. The predicted octanol–water partition coefficient (Wildman–Crippen LogP) is 5.92. The molecule has 0 fully saturated rings. The first-order chi connectivity index (χ1) is 13.0. The molecule has 1 aromatic heterocycles. The summed E-state index contributed by atoms with van der Waals surface area (Å²) in [6.07, 6.45) is 0. The zero-order chi connectivity index (χ0) is 21.3. The molecule has 0 amide bonds. The lowest BCUT2D eigenvalue weighted by Gasteiger charge is -2.01. The first-order valence-corrected chi connectivity index (χ1v) is 13.3. The van der Waals surface area contributed by atoms with Crippen LogP contribution in [-0.2, 0) is 0 Å². The van der Waals surface area contributed by atoms with Crippen LogP contribution >= 0.6 is 34.8 Å². The maximum atomic E-state index is 11.1. The average Bonchev–Trinajstić information content (AvgIpc) is 3.00. The van der Waals surface area contributed by atoms with Crippen LogP contribution in [0.4, 0.5) is 0 Å². The third-order valence-corrected chi connectivity index (χ3v) is 3.26. The van der Waals surface area contributed by atoms with Crippen LogP contribution in [0.3, 0.4) is 0 Å². The maximum absolute atomic E-state index is 11.1. The van der Waals surface area contributed by atoms with Crippen LogP contribution in [0, 0.1) is 0 Å². The van der Waals surface area contributed by atoms with E-state index in [9.17, 15) is 9.59 Å². The van der Waals surface area contributed by atoms with Gasteiger partial charge in [0.05, 0.1) is 5.69 Å². The number of nitrogens with zero attached hydrogens (tertiary/aromatic N) is 3. The van der Waals surface area contributed by atoms with Gasteiger partial charge >= 0.3 is 5.69 Å². The van der Waals surface area contributed by atoms with E-state index >= 15 is 0 Å². The van der Waals surface area contributed by atoms with Gasteiger partial charge in [-0.1, -0.05) is 68.9 Å². The van der Waals surface area contributed by atoms with E-state index in [1.807, 2.05) is 0 Å². The minimum atomic E-state index is -0.611. The van der Waals surface area contributed by atoms with Crippen LogP contribution in [0.2, 0.25) is 36.2 Å². The summed E-state index contributed by atoms with van der Waals surface area (Å²) in [7, 11) is -0.611. The fourth-order valence-electron chi connectivity index (χ4n) is 1.59. The predicted molar refractivity (Wildman–Crippen MR) is 125 cm³/mol. The summed E-state index contributed by atoms with van der Waals surface area (Å²) in [5, 5.41) is 9.70. The van der Waals surface area contributed by atoms with Gasteiger partial charge in [-0.2, -0.15) is 4.68 Å². The summed E-state index contributed by atoms with van der Waals surface area (Å²) in [4.78, 5) is 21.6. The van der Waals surface area contributed by atoms with E-state index in [-0.39, 0.29) is 13.1 Å². The second kappa shape index (κ2) is 12.6. The smallest absolute Gasteiger partial charge is 0.276 e. The molecule has 3 rings (SSSR count). The number of aromatic amines is 1. The highest BCUT2D eigenvalue weighted by atomic mass is 35.5. The second-order valence-electron chi connectivity index (χ2n) is 7.18. The van der Waals surface area contributed by atoms with Crippen molar-refractivity contribution in [3.8, 4) is 5.69 Å². The monoisotopic (exact) mass is 474 g/mol. The highest BCUT2D eigenvalue weighted by Gasteiger charge is 2.02. The number of H-pyrrole nitrogens is 1. The molecule has 29 heavy (non-hydrogen) atoms. The van der Waals surface area contributed by atoms with Crippen LogP contribution < -0.4 is 5.69 Å². The van der Waals surface area contributed by atoms with Gasteiger partial charge in [0.1, 0.15) is 0 Å². The Bertz CT molecular complexity index is 962. The van der Waals surface area contributed by atoms with Gasteiger partial charge < -0.3 is 0 Å². The molecule has 2 aromatic carbocycles. The lowest BCUT2D eigenvalue weighted by Crippen LogP contribution is -2.15. The molecule has 3 aromatic rings. The lowest BCUT2D eigenvalue weighted by atomic mass is 10.2. The van der Waals surface area contributed by atoms with Crippen LogP contribution in [-0.4, -0.2) is 33.5 Å². The third-order valence-electron chi connectivity index (χ3n) is 2.58. The summed E-state index contributed by atoms with van der Waals surface area (Å²) in [5.74, 6) is 0. The van der Waals surface area contributed by atoms with Crippen molar-refractivity contribution in [2.24, 2.45) is 0 Å². The molecule has 0 aliphatic heterocycles. The van der Waals surface area contributed by atoms with Gasteiger partial charge in [0.2, 0.25) is 0 Å². The molecular formula is C19H25Cl3N4O2Si. The van der Waals surface area contributed by atoms with E-state index in [2.05, 4.69) is 41.7 Å². The van der Waals surface area contributed by atoms with Crippen LogP contribution in [0.1, 0.15) is 17.8 Å². The first kappa shape index (κ1) is 27.1. The SMILES string of the molecule is C.C[Si](C)(C)C.O=C(Cl)c1cccc(Cl)c1.O=c1[nH]nnn1-c1cccc(Cl)c1. The third kappa shape index (κ3) is 11.6. The van der Waals surface area contributed by atoms with Crippen molar-refractivity contribution in [3.63, 3.8) is 0 Å². The zero-order valence-electron chi connectivity index (χ0n) is 15.9. The van der Waals surface area contributed by atoms with Gasteiger partial charge in [0, 0.05) is 23.7 Å². The summed E-state index contributed by atoms with van der Waals surface area (Å²) in [6, 6.07) is 13.3. The minimum Gasteiger partial charge on any atom is -0.276 e. The van der Waals surface area contributed by atoms with E-state index < -0.39 is 13.3 Å². The van der Waals surface area contributed by atoms with Gasteiger partial charge in [-0.25, -0.2) is 9.89 Å². The fourth-order valence-corrected chi connectivity index (χ4v) is 2.08. The van der Waals surface area contributed by atoms with Crippen molar-refractivity contribution >= 4 is 48.1 Å². The van der Waals surface area contributed by atoms with Crippen LogP contribution in [0.15, 0.2) is 53.3 Å². The fraction of sp³-hybridized carbons (Fsp3) is 0.263. The highest BCUT2D eigenvalue weighted by molar-refractivity contribution is 6.74. The van der Waals surface area contributed by atoms with Crippen molar-refractivity contribution in [2.75, 3.05) is 0 Å². The molecule has 0 unspecified atom stereocenters. The Morgan fingerprint density at radius 3 is 1.90 bits per heavy atom. The molecule has 0 aliphatic carbocycles. The molecule has 0 radical (unpaired) electrons. The number of nitrogens with one attached hydrogen (secondary N) is 1. The topological polar surface area (TPSA) is 80.6 Å². The Hall–Kier alpha value is -1.93. The van der Waals surface area contributed by atoms with Crippen molar-refractivity contribution in [1.82, 2.24) is 20.2 Å². The number of hydrogen-bond acceptors (Lipinski definition) is 4. The van der Waals surface area contributed by atoms with Crippen molar-refractivity contribution in [1.29, 1.82) is 0 Å². The molecular weight excluding hydrogens is 451 g/mol. The number of halogens is 3. The quantitative estimate of drug-likeness (QED) is 0.368. The van der Waals surface area contributed by atoms with E-state index in [1.165, 1.54) is 6.07 Å². The van der Waals surface area contributed by atoms with Gasteiger partial charge in [-0.3, -0.25) is 4.79 Å². The summed E-state index contributed by atoms with van der Waals surface area (Å²) in [6.45, 7) is 9.31. The normalized spacial score (nSPS) is 9.90. The molecule has 1 N–H and O–H groups in total. The Morgan fingerprint density at radius 1 is 1.00 bits per heavy atom. The molecule has 0 bridgehead atoms. The minimum absolute atomic E-state index is 0. The largest absolute Gasteiger partial charge is 0.365 e. The molecule has 0 saturated heterocycles. The number of hydrogen-bond donors (Lipinski definition) is 1. The molecule has 6 nitrogen and oxygen atoms in total. The van der Waals surface area contributed by atoms with E-state index in [1.54, 1.807) is 42.5 Å². The highest BCUT2D eigenvalue weighted by Crippen LogP contribution is 2.12. The van der Waals surface area contributed by atoms with E-state index in [0.717, 1.165) is 4.68 Å². The lowest BCUT2D eigenvalue weighted by molar-refractivity contribution is 0.108. The average molecular weight is 476 g/mol. The number of aromatic nitrogens is 4. The molecule has 10 heteroatoms. The Kier molecular flexibility index (Phi) is 11.8. The number of rotatable bonds is 2. The molecule has 0 saturated carbocycles. The van der Waals surface area contributed by atoms with Crippen molar-refractivity contribution < 1.29 is 4.79 Å². The molecule has 0 aliphatic rings. The molecule has 0 spiro atoms. The van der Waals surface area contributed by atoms with Gasteiger partial charge in [-0.05, 0) is 58.4 Å². The van der Waals surface area contributed by atoms with Gasteiger partial charge in [0.15, 0.2) is 0 Å². The van der Waals surface area contributed by atoms with E-state index in [0.29, 0.717) is 21.3 Å². The Labute approximate surface area is 186 Å². The summed E-state index contributed by atoms with van der Waals surface area (Å²) >= 11 is 16.5. The Balaban J connectivity index is 0.000000439. The van der Waals surface area contributed by atoms with Crippen LogP contribution in [0.5, 0.6) is 0 Å². The number of tetrazole rings is 1. The zero-order valence-corrected chi connectivity index (χ0v) is 19.2. The standard InChI is InChI=1S/C7H4Cl2O.C7H5ClN4O.C4H12Si.CH4/c8-6-3-1-2-5(4-6)7(9)10;8-5-2-1-3-6(4-5)12-7(13)9-10-11-12;1-5(2,3)4;/h1-4H;1-4H,(H,9,11,13);1-4H3;1H4. The van der Waals surface area contributed by atoms with Gasteiger partial charge in [-0.15, -0.1) is 0 Å². The Morgan fingerprint density at radius 2 is 1.52 bits per heavy atom. The van der Waals surface area contributed by atoms with Crippen molar-refractivity contribution in [2.45, 2.75) is 33.6 Å². The summed E-state index contributed by atoms with van der Waals surface area (Å²) < 4.78 is 1.13. The summed E-state index contributed by atoms with van der Waals surface area (Å²) in [5.41, 5.74) is 0.627. The second-order valence-corrected chi connectivity index (χ2v) is 14.4. The molecule has 0 atom stereocenters. The van der Waals surface area contributed by atoms with Crippen LogP contribution in [0.25, 0.3) is 5.69 Å². The number of carbonyl (C=O) groups is 1. The molecule has 1 heterocycles. The van der Waals surface area contributed by atoms with Gasteiger partial charge in [0.25, 0.3) is 5.24 Å². The first-order valence-electron chi connectivity index (χ1n) is 8.19. The number of benzene rings is 2. The molecule has 158 valence electrons. The van der Waals surface area contributed by atoms with E-state index in [4.69, 9.17) is 34.8 Å². The maximum Gasteiger partial charge on any atom is 0.365 e. The van der Waals surface area contributed by atoms with Crippen molar-refractivity contribution in [3.05, 3.63) is 74.6 Å².